The first kappa shape index (κ1) is 14.1. The second kappa shape index (κ2) is 6.73. The Kier molecular flexibility index (Phi) is 4.74. The van der Waals surface area contributed by atoms with Gasteiger partial charge in [-0.15, -0.1) is 0 Å². The lowest BCUT2D eigenvalue weighted by Gasteiger charge is -2.38. The van der Waals surface area contributed by atoms with E-state index in [-0.39, 0.29) is 0 Å². The first-order valence-corrected chi connectivity index (χ1v) is 8.33. The summed E-state index contributed by atoms with van der Waals surface area (Å²) in [4.78, 5) is 2.63. The van der Waals surface area contributed by atoms with Gasteiger partial charge in [0.05, 0.1) is 0 Å². The van der Waals surface area contributed by atoms with E-state index in [1.54, 1.807) is 0 Å². The highest BCUT2D eigenvalue weighted by molar-refractivity contribution is 5.15. The van der Waals surface area contributed by atoms with Crippen LogP contribution in [0.4, 0.5) is 0 Å². The summed E-state index contributed by atoms with van der Waals surface area (Å²) in [6.45, 7) is 7.25. The van der Waals surface area contributed by atoms with Crippen LogP contribution in [0.1, 0.15) is 31.7 Å². The Bertz CT molecular complexity index is 399. The topological polar surface area (TPSA) is 15.3 Å². The van der Waals surface area contributed by atoms with Crippen LogP contribution in [0.5, 0.6) is 0 Å². The van der Waals surface area contributed by atoms with Crippen molar-refractivity contribution in [2.24, 2.45) is 11.8 Å². The molecule has 1 saturated heterocycles. The maximum atomic E-state index is 3.82. The normalized spacial score (nSPS) is 27.6. The van der Waals surface area contributed by atoms with Crippen LogP contribution < -0.4 is 5.32 Å². The molecule has 20 heavy (non-hydrogen) atoms. The van der Waals surface area contributed by atoms with Crippen molar-refractivity contribution < 1.29 is 0 Å². The number of benzene rings is 1. The molecule has 0 amide bonds. The Balaban J connectivity index is 1.55. The molecule has 1 aliphatic carbocycles. The van der Waals surface area contributed by atoms with Gasteiger partial charge in [0.1, 0.15) is 0 Å². The molecule has 0 bridgehead atoms. The van der Waals surface area contributed by atoms with Gasteiger partial charge in [0.25, 0.3) is 0 Å². The van der Waals surface area contributed by atoms with E-state index >= 15 is 0 Å². The molecule has 3 rings (SSSR count). The van der Waals surface area contributed by atoms with Crippen molar-refractivity contribution in [1.82, 2.24) is 10.2 Å². The summed E-state index contributed by atoms with van der Waals surface area (Å²) in [5.74, 6) is 1.79. The van der Waals surface area contributed by atoms with Crippen molar-refractivity contribution in [1.29, 1.82) is 0 Å². The standard InChI is InChI=1S/C18H28N2/c1-2-20-13-17(10-15-6-4-3-5-7-15)11-18(14-20)19-12-16-8-9-16/h3-7,16-19H,2,8-14H2,1H3. The van der Waals surface area contributed by atoms with Crippen LogP contribution in [0.3, 0.4) is 0 Å². The van der Waals surface area contributed by atoms with Gasteiger partial charge in [0.15, 0.2) is 0 Å². The van der Waals surface area contributed by atoms with Crippen LogP contribution in [0.15, 0.2) is 30.3 Å². The molecule has 2 nitrogen and oxygen atoms in total. The predicted molar refractivity (Wildman–Crippen MR) is 84.9 cm³/mol. The molecule has 2 atom stereocenters. The number of hydrogen-bond donors (Lipinski definition) is 1. The zero-order chi connectivity index (χ0) is 13.8. The summed E-state index contributed by atoms with van der Waals surface area (Å²) in [7, 11) is 0. The number of rotatable bonds is 6. The lowest BCUT2D eigenvalue weighted by atomic mass is 9.88. The minimum absolute atomic E-state index is 0.706. The molecule has 110 valence electrons. The second-order valence-corrected chi connectivity index (χ2v) is 6.69. The van der Waals surface area contributed by atoms with Gasteiger partial charge in [-0.1, -0.05) is 37.3 Å². The molecule has 2 aliphatic rings. The van der Waals surface area contributed by atoms with Crippen molar-refractivity contribution in [3.63, 3.8) is 0 Å². The summed E-state index contributed by atoms with van der Waals surface area (Å²) >= 11 is 0. The number of piperidine rings is 1. The minimum Gasteiger partial charge on any atom is -0.312 e. The lowest BCUT2D eigenvalue weighted by Crippen LogP contribution is -2.49. The van der Waals surface area contributed by atoms with Crippen LogP contribution in [0, 0.1) is 11.8 Å². The quantitative estimate of drug-likeness (QED) is 0.856. The Morgan fingerprint density at radius 1 is 1.10 bits per heavy atom. The fourth-order valence-corrected chi connectivity index (χ4v) is 3.46. The fraction of sp³-hybridized carbons (Fsp3) is 0.667. The maximum absolute atomic E-state index is 3.82. The third kappa shape index (κ3) is 4.07. The highest BCUT2D eigenvalue weighted by Gasteiger charge is 2.28. The highest BCUT2D eigenvalue weighted by atomic mass is 15.2. The lowest BCUT2D eigenvalue weighted by molar-refractivity contribution is 0.146. The van der Waals surface area contributed by atoms with Crippen molar-refractivity contribution in [3.05, 3.63) is 35.9 Å². The monoisotopic (exact) mass is 272 g/mol. The molecule has 0 radical (unpaired) electrons. The largest absolute Gasteiger partial charge is 0.312 e. The summed E-state index contributed by atoms with van der Waals surface area (Å²) in [6, 6.07) is 11.7. The predicted octanol–water partition coefficient (Wildman–Crippen LogP) is 2.94. The van der Waals surface area contributed by atoms with Gasteiger partial charge in [-0.2, -0.15) is 0 Å². The van der Waals surface area contributed by atoms with E-state index in [9.17, 15) is 0 Å². The van der Waals surface area contributed by atoms with Crippen molar-refractivity contribution in [3.8, 4) is 0 Å². The van der Waals surface area contributed by atoms with Crippen LogP contribution in [-0.2, 0) is 6.42 Å². The Labute approximate surface area is 123 Å². The number of likely N-dealkylation sites (tertiary alicyclic amines) is 1. The van der Waals surface area contributed by atoms with Crippen molar-refractivity contribution in [2.75, 3.05) is 26.2 Å². The molecular weight excluding hydrogens is 244 g/mol. The van der Waals surface area contributed by atoms with Gasteiger partial charge < -0.3 is 10.2 Å². The summed E-state index contributed by atoms with van der Waals surface area (Å²) in [5.41, 5.74) is 1.50. The van der Waals surface area contributed by atoms with Crippen molar-refractivity contribution >= 4 is 0 Å². The van der Waals surface area contributed by atoms with Crippen LogP contribution in [0.25, 0.3) is 0 Å². The Morgan fingerprint density at radius 3 is 2.60 bits per heavy atom. The SMILES string of the molecule is CCN1CC(Cc2ccccc2)CC(NCC2CC2)C1. The summed E-state index contributed by atoms with van der Waals surface area (Å²) in [6.07, 6.45) is 5.48. The van der Waals surface area contributed by atoms with Crippen LogP contribution >= 0.6 is 0 Å². The van der Waals surface area contributed by atoms with E-state index in [1.165, 1.54) is 57.4 Å². The van der Waals surface area contributed by atoms with Crippen LogP contribution in [0.2, 0.25) is 0 Å². The van der Waals surface area contributed by atoms with Gasteiger partial charge in [-0.3, -0.25) is 0 Å². The molecule has 2 unspecified atom stereocenters. The second-order valence-electron chi connectivity index (χ2n) is 6.69. The third-order valence-electron chi connectivity index (χ3n) is 4.82. The molecule has 2 fully saturated rings. The van der Waals surface area contributed by atoms with Gasteiger partial charge >= 0.3 is 0 Å². The zero-order valence-electron chi connectivity index (χ0n) is 12.7. The maximum Gasteiger partial charge on any atom is 0.0198 e. The molecule has 1 aromatic carbocycles. The molecule has 1 aliphatic heterocycles. The van der Waals surface area contributed by atoms with Gasteiger partial charge in [0, 0.05) is 19.1 Å². The average molecular weight is 272 g/mol. The number of nitrogens with one attached hydrogen (secondary N) is 1. The summed E-state index contributed by atoms with van der Waals surface area (Å²) < 4.78 is 0. The molecule has 1 aromatic rings. The first-order valence-electron chi connectivity index (χ1n) is 8.33. The first-order chi connectivity index (χ1) is 9.83. The van der Waals surface area contributed by atoms with Gasteiger partial charge in [0.2, 0.25) is 0 Å². The van der Waals surface area contributed by atoms with Crippen molar-refractivity contribution in [2.45, 2.75) is 38.6 Å². The molecule has 1 saturated carbocycles. The fourth-order valence-electron chi connectivity index (χ4n) is 3.46. The van der Waals surface area contributed by atoms with E-state index in [0.29, 0.717) is 6.04 Å². The summed E-state index contributed by atoms with van der Waals surface area (Å²) in [5, 5.41) is 3.82. The van der Waals surface area contributed by atoms with E-state index in [1.807, 2.05) is 0 Å². The molecular formula is C18H28N2. The van der Waals surface area contributed by atoms with E-state index < -0.39 is 0 Å². The van der Waals surface area contributed by atoms with Gasteiger partial charge in [-0.25, -0.2) is 0 Å². The number of nitrogens with zero attached hydrogens (tertiary/aromatic N) is 1. The molecule has 1 N–H and O–H groups in total. The Hall–Kier alpha value is -0.860. The van der Waals surface area contributed by atoms with Gasteiger partial charge in [-0.05, 0) is 56.2 Å². The van der Waals surface area contributed by atoms with E-state index in [0.717, 1.165) is 11.8 Å². The van der Waals surface area contributed by atoms with Crippen LogP contribution in [-0.4, -0.2) is 37.1 Å². The number of likely N-dealkylation sites (N-methyl/N-ethyl adjacent to an activating group) is 1. The molecule has 0 spiro atoms. The smallest absolute Gasteiger partial charge is 0.0198 e. The average Bonchev–Trinajstić information content (AvgIpc) is 3.30. The minimum atomic E-state index is 0.706. The molecule has 0 aromatic heterocycles. The highest BCUT2D eigenvalue weighted by Crippen LogP contribution is 2.28. The zero-order valence-corrected chi connectivity index (χ0v) is 12.7. The van der Waals surface area contributed by atoms with E-state index in [4.69, 9.17) is 0 Å². The molecule has 2 heteroatoms. The molecule has 1 heterocycles. The van der Waals surface area contributed by atoms with E-state index in [2.05, 4.69) is 47.5 Å². The number of hydrogen-bond acceptors (Lipinski definition) is 2. The Morgan fingerprint density at radius 2 is 1.90 bits per heavy atom. The third-order valence-corrected chi connectivity index (χ3v) is 4.82.